The Morgan fingerprint density at radius 2 is 1.93 bits per heavy atom. The Hall–Kier alpha value is -1.96. The average Bonchev–Trinajstić information content (AvgIpc) is 3.20. The van der Waals surface area contributed by atoms with E-state index in [0.717, 1.165) is 22.5 Å². The molecule has 0 saturated carbocycles. The molecule has 8 heteroatoms. The molecule has 4 nitrogen and oxygen atoms in total. The monoisotopic (exact) mass is 450 g/mol. The van der Waals surface area contributed by atoms with Crippen LogP contribution in [0.2, 0.25) is 5.02 Å². The number of halogens is 2. The van der Waals surface area contributed by atoms with Crippen molar-refractivity contribution in [2.24, 2.45) is 0 Å². The second-order valence-electron chi connectivity index (χ2n) is 7.19. The fourth-order valence-electron chi connectivity index (χ4n) is 3.55. The summed E-state index contributed by atoms with van der Waals surface area (Å²) in [6, 6.07) is 11.8. The number of aromatic nitrogens is 1. The second kappa shape index (κ2) is 8.05. The molecule has 1 aliphatic heterocycles. The van der Waals surface area contributed by atoms with Crippen molar-refractivity contribution >= 4 is 37.9 Å². The van der Waals surface area contributed by atoms with Gasteiger partial charge in [-0.1, -0.05) is 35.4 Å². The SMILES string of the molecule is Cc1cccc(-c2csc(N3CCC(S(=O)(=O)c4ccc(F)c(Cl)c4)CC3)n2)c1. The van der Waals surface area contributed by atoms with Gasteiger partial charge in [0.1, 0.15) is 5.82 Å². The molecular formula is C21H20ClFN2O2S2. The third-order valence-electron chi connectivity index (χ3n) is 5.18. The van der Waals surface area contributed by atoms with Gasteiger partial charge in [0.05, 0.1) is 20.9 Å². The van der Waals surface area contributed by atoms with E-state index < -0.39 is 20.9 Å². The van der Waals surface area contributed by atoms with Gasteiger partial charge in [-0.05, 0) is 44.0 Å². The van der Waals surface area contributed by atoms with Gasteiger partial charge in [0, 0.05) is 24.0 Å². The van der Waals surface area contributed by atoms with Crippen molar-refractivity contribution in [3.8, 4) is 11.3 Å². The summed E-state index contributed by atoms with van der Waals surface area (Å²) in [6.45, 7) is 3.27. The highest BCUT2D eigenvalue weighted by Crippen LogP contribution is 2.32. The standard InChI is InChI=1S/C21H20ClFN2O2S2/c1-14-3-2-4-15(11-14)20-13-28-21(24-20)25-9-7-16(8-10-25)29(26,27)17-5-6-19(23)18(22)12-17/h2-6,11-13,16H,7-10H2,1H3. The van der Waals surface area contributed by atoms with Gasteiger partial charge >= 0.3 is 0 Å². The number of rotatable bonds is 4. The van der Waals surface area contributed by atoms with Crippen LogP contribution in [0.25, 0.3) is 11.3 Å². The third kappa shape index (κ3) is 4.17. The number of sulfone groups is 1. The summed E-state index contributed by atoms with van der Waals surface area (Å²) in [5, 5.41) is 2.27. The molecule has 0 radical (unpaired) electrons. The summed E-state index contributed by atoms with van der Waals surface area (Å²) in [7, 11) is -3.54. The van der Waals surface area contributed by atoms with Crippen LogP contribution in [0.5, 0.6) is 0 Å². The fraction of sp³-hybridized carbons (Fsp3) is 0.286. The summed E-state index contributed by atoms with van der Waals surface area (Å²) in [5.74, 6) is -0.617. The van der Waals surface area contributed by atoms with Crippen molar-refractivity contribution in [3.63, 3.8) is 0 Å². The molecule has 0 spiro atoms. The maximum Gasteiger partial charge on any atom is 0.185 e. The van der Waals surface area contributed by atoms with Crippen LogP contribution in [0.15, 0.2) is 52.7 Å². The van der Waals surface area contributed by atoms with E-state index in [2.05, 4.69) is 24.0 Å². The lowest BCUT2D eigenvalue weighted by Gasteiger charge is -2.31. The molecule has 0 atom stereocenters. The van der Waals surface area contributed by atoms with Crippen molar-refractivity contribution in [1.29, 1.82) is 0 Å². The van der Waals surface area contributed by atoms with Crippen LogP contribution < -0.4 is 4.90 Å². The van der Waals surface area contributed by atoms with Gasteiger partial charge in [-0.2, -0.15) is 0 Å². The minimum atomic E-state index is -3.54. The predicted molar refractivity (Wildman–Crippen MR) is 116 cm³/mol. The highest BCUT2D eigenvalue weighted by Gasteiger charge is 2.32. The van der Waals surface area contributed by atoms with Crippen LogP contribution in [-0.2, 0) is 9.84 Å². The van der Waals surface area contributed by atoms with Crippen molar-refractivity contribution in [3.05, 3.63) is 64.2 Å². The zero-order valence-electron chi connectivity index (χ0n) is 15.8. The van der Waals surface area contributed by atoms with Crippen LogP contribution in [0.4, 0.5) is 9.52 Å². The first kappa shape index (κ1) is 20.3. The van der Waals surface area contributed by atoms with Crippen LogP contribution in [0.1, 0.15) is 18.4 Å². The van der Waals surface area contributed by atoms with Crippen LogP contribution in [0, 0.1) is 12.7 Å². The summed E-state index contributed by atoms with van der Waals surface area (Å²) in [4.78, 5) is 6.96. The quantitative estimate of drug-likeness (QED) is 0.502. The summed E-state index contributed by atoms with van der Waals surface area (Å²) < 4.78 is 39.2. The van der Waals surface area contributed by atoms with Crippen LogP contribution >= 0.6 is 22.9 Å². The molecule has 1 aromatic heterocycles. The van der Waals surface area contributed by atoms with Gasteiger partial charge in [-0.25, -0.2) is 17.8 Å². The first-order valence-corrected chi connectivity index (χ1v) is 12.1. The molecule has 1 aliphatic rings. The molecule has 4 rings (SSSR count). The summed E-state index contributed by atoms with van der Waals surface area (Å²) >= 11 is 7.34. The molecule has 1 fully saturated rings. The van der Waals surface area contributed by atoms with Gasteiger partial charge in [0.25, 0.3) is 0 Å². The van der Waals surface area contributed by atoms with Crippen molar-refractivity contribution in [2.45, 2.75) is 29.9 Å². The molecule has 2 heterocycles. The normalized spacial score (nSPS) is 15.6. The number of hydrogen-bond donors (Lipinski definition) is 0. The molecular weight excluding hydrogens is 431 g/mol. The lowest BCUT2D eigenvalue weighted by atomic mass is 10.1. The Labute approximate surface area is 178 Å². The molecule has 29 heavy (non-hydrogen) atoms. The Morgan fingerprint density at radius 1 is 1.17 bits per heavy atom. The molecule has 2 aromatic carbocycles. The molecule has 1 saturated heterocycles. The number of nitrogens with zero attached hydrogens (tertiary/aromatic N) is 2. The van der Waals surface area contributed by atoms with Crippen LogP contribution in [-0.4, -0.2) is 31.7 Å². The lowest BCUT2D eigenvalue weighted by Crippen LogP contribution is -2.39. The van der Waals surface area contributed by atoms with Gasteiger partial charge in [-0.15, -0.1) is 11.3 Å². The van der Waals surface area contributed by atoms with Crippen molar-refractivity contribution in [1.82, 2.24) is 4.98 Å². The van der Waals surface area contributed by atoms with E-state index in [9.17, 15) is 12.8 Å². The molecule has 0 amide bonds. The van der Waals surface area contributed by atoms with E-state index in [4.69, 9.17) is 16.6 Å². The number of aryl methyl sites for hydroxylation is 1. The number of thiazole rings is 1. The van der Waals surface area contributed by atoms with E-state index in [1.165, 1.54) is 17.7 Å². The molecule has 0 N–H and O–H groups in total. The first-order valence-electron chi connectivity index (χ1n) is 9.31. The second-order valence-corrected chi connectivity index (χ2v) is 10.7. The van der Waals surface area contributed by atoms with Crippen molar-refractivity contribution < 1.29 is 12.8 Å². The minimum absolute atomic E-state index is 0.0818. The maximum absolute atomic E-state index is 13.4. The molecule has 3 aromatic rings. The zero-order valence-corrected chi connectivity index (χ0v) is 18.2. The molecule has 0 unspecified atom stereocenters. The van der Waals surface area contributed by atoms with Crippen molar-refractivity contribution in [2.75, 3.05) is 18.0 Å². The topological polar surface area (TPSA) is 50.3 Å². The number of hydrogen-bond acceptors (Lipinski definition) is 5. The Balaban J connectivity index is 1.46. The lowest BCUT2D eigenvalue weighted by molar-refractivity contribution is 0.529. The smallest absolute Gasteiger partial charge is 0.185 e. The highest BCUT2D eigenvalue weighted by atomic mass is 35.5. The zero-order chi connectivity index (χ0) is 20.6. The fourth-order valence-corrected chi connectivity index (χ4v) is 6.44. The van der Waals surface area contributed by atoms with Gasteiger partial charge < -0.3 is 4.90 Å². The van der Waals surface area contributed by atoms with Gasteiger partial charge in [-0.3, -0.25) is 0 Å². The predicted octanol–water partition coefficient (Wildman–Crippen LogP) is 5.35. The molecule has 0 aliphatic carbocycles. The Morgan fingerprint density at radius 3 is 2.62 bits per heavy atom. The summed E-state index contributed by atoms with van der Waals surface area (Å²) in [6.07, 6.45) is 0.993. The number of piperidine rings is 1. The highest BCUT2D eigenvalue weighted by molar-refractivity contribution is 7.92. The van der Waals surface area contributed by atoms with Gasteiger partial charge in [0.2, 0.25) is 0 Å². The summed E-state index contributed by atoms with van der Waals surface area (Å²) in [5.41, 5.74) is 3.20. The first-order chi connectivity index (χ1) is 13.8. The largest absolute Gasteiger partial charge is 0.348 e. The Kier molecular flexibility index (Phi) is 5.64. The van der Waals surface area contributed by atoms with Gasteiger partial charge in [0.15, 0.2) is 15.0 Å². The number of anilines is 1. The molecule has 152 valence electrons. The van der Waals surface area contributed by atoms with E-state index in [1.807, 2.05) is 17.5 Å². The average molecular weight is 451 g/mol. The van der Waals surface area contributed by atoms with E-state index >= 15 is 0 Å². The van der Waals surface area contributed by atoms with E-state index in [-0.39, 0.29) is 9.92 Å². The van der Waals surface area contributed by atoms with E-state index in [1.54, 1.807) is 11.3 Å². The molecule has 0 bridgehead atoms. The van der Waals surface area contributed by atoms with E-state index in [0.29, 0.717) is 25.9 Å². The third-order valence-corrected chi connectivity index (χ3v) is 8.63. The number of benzene rings is 2. The maximum atomic E-state index is 13.4. The Bertz CT molecular complexity index is 1140. The minimum Gasteiger partial charge on any atom is -0.348 e. The van der Waals surface area contributed by atoms with Crippen LogP contribution in [0.3, 0.4) is 0 Å².